The Labute approximate surface area is 403 Å². The standard InChI is InChI=1S/C34H36.C19H14S.C13H12/c1-7-10-24-11-8-9-12-28(24)26-16-20-31-30(21-26)29-19-15-25(22-32(29)34(31,5)6)23-13-17-27(18-14-23)33(2,3)4;1-13-6-8-14(9-7-13)15-10-11-19-17(12-15)16-4-2-3-5-18(16)20-19;1-11-7-9-13(10-8-11)12-5-3-2-4-6-12/h8-9,11-22H,7,10H2,1-6H3;2-12H,1H3;2-10H,1H3. The molecule has 1 aliphatic rings. The predicted octanol–water partition coefficient (Wildman–Crippen LogP) is 19.3. The van der Waals surface area contributed by atoms with Crippen molar-refractivity contribution in [1.82, 2.24) is 0 Å². The summed E-state index contributed by atoms with van der Waals surface area (Å²) in [6.45, 7) is 18.0. The number of aryl methyl sites for hydroxylation is 3. The van der Waals surface area contributed by atoms with Crippen molar-refractivity contribution in [2.24, 2.45) is 0 Å². The van der Waals surface area contributed by atoms with Crippen LogP contribution in [0.15, 0.2) is 206 Å². The van der Waals surface area contributed by atoms with Gasteiger partial charge >= 0.3 is 0 Å². The molecule has 1 heterocycles. The third-order valence-corrected chi connectivity index (χ3v) is 14.7. The number of hydrogen-bond acceptors (Lipinski definition) is 1. The van der Waals surface area contributed by atoms with E-state index >= 15 is 0 Å². The van der Waals surface area contributed by atoms with Crippen LogP contribution in [0, 0.1) is 13.8 Å². The monoisotopic (exact) mass is 886 g/mol. The highest BCUT2D eigenvalue weighted by atomic mass is 32.1. The molecule has 10 aromatic rings. The van der Waals surface area contributed by atoms with Crippen LogP contribution in [-0.2, 0) is 17.3 Å². The van der Waals surface area contributed by atoms with Gasteiger partial charge in [0.15, 0.2) is 0 Å². The molecule has 0 nitrogen and oxygen atoms in total. The largest absolute Gasteiger partial charge is 0.135 e. The van der Waals surface area contributed by atoms with Crippen molar-refractivity contribution in [3.05, 3.63) is 240 Å². The molecule has 1 aromatic heterocycles. The summed E-state index contributed by atoms with van der Waals surface area (Å²) < 4.78 is 2.73. The van der Waals surface area contributed by atoms with Crippen LogP contribution >= 0.6 is 11.3 Å². The average molecular weight is 887 g/mol. The summed E-state index contributed by atoms with van der Waals surface area (Å²) in [6.07, 6.45) is 2.28. The van der Waals surface area contributed by atoms with Crippen molar-refractivity contribution in [3.8, 4) is 55.6 Å². The molecule has 0 radical (unpaired) electrons. The maximum Gasteiger partial charge on any atom is 0.0355 e. The second kappa shape index (κ2) is 19.2. The van der Waals surface area contributed by atoms with Gasteiger partial charge < -0.3 is 0 Å². The van der Waals surface area contributed by atoms with Gasteiger partial charge in [-0.05, 0) is 134 Å². The topological polar surface area (TPSA) is 0 Å². The molecule has 1 aliphatic carbocycles. The molecule has 0 amide bonds. The molecule has 0 saturated heterocycles. The van der Waals surface area contributed by atoms with Crippen molar-refractivity contribution >= 4 is 31.5 Å². The van der Waals surface area contributed by atoms with Crippen LogP contribution in [0.3, 0.4) is 0 Å². The normalized spacial score (nSPS) is 12.4. The van der Waals surface area contributed by atoms with Crippen LogP contribution in [0.1, 0.15) is 81.3 Å². The second-order valence-corrected chi connectivity index (χ2v) is 20.9. The summed E-state index contributed by atoms with van der Waals surface area (Å²) in [4.78, 5) is 0. The Kier molecular flexibility index (Phi) is 13.0. The molecule has 11 rings (SSSR count). The van der Waals surface area contributed by atoms with Crippen LogP contribution < -0.4 is 0 Å². The van der Waals surface area contributed by atoms with E-state index in [1.807, 2.05) is 17.4 Å². The van der Waals surface area contributed by atoms with Gasteiger partial charge in [-0.15, -0.1) is 11.3 Å². The predicted molar refractivity (Wildman–Crippen MR) is 294 cm³/mol. The first kappa shape index (κ1) is 45.4. The number of fused-ring (bicyclic) bond motifs is 6. The number of rotatable bonds is 6. The molecular weight excluding hydrogens is 825 g/mol. The first-order valence-electron chi connectivity index (χ1n) is 24.0. The Balaban J connectivity index is 0.000000143. The third-order valence-electron chi connectivity index (χ3n) is 13.5. The highest BCUT2D eigenvalue weighted by Gasteiger charge is 2.36. The number of thiophene rings is 1. The van der Waals surface area contributed by atoms with E-state index in [1.54, 1.807) is 0 Å². The van der Waals surface area contributed by atoms with Crippen LogP contribution in [0.5, 0.6) is 0 Å². The van der Waals surface area contributed by atoms with E-state index in [1.165, 1.54) is 109 Å². The molecule has 332 valence electrons. The van der Waals surface area contributed by atoms with E-state index in [4.69, 9.17) is 0 Å². The average Bonchev–Trinajstić information content (AvgIpc) is 3.83. The Hall–Kier alpha value is -6.80. The van der Waals surface area contributed by atoms with Crippen LogP contribution in [0.2, 0.25) is 0 Å². The van der Waals surface area contributed by atoms with Crippen molar-refractivity contribution in [1.29, 1.82) is 0 Å². The molecule has 0 aliphatic heterocycles. The van der Waals surface area contributed by atoms with Crippen molar-refractivity contribution in [2.75, 3.05) is 0 Å². The summed E-state index contributed by atoms with van der Waals surface area (Å²) in [5, 5.41) is 2.73. The lowest BCUT2D eigenvalue weighted by atomic mass is 9.81. The summed E-state index contributed by atoms with van der Waals surface area (Å²) in [7, 11) is 0. The lowest BCUT2D eigenvalue weighted by Crippen LogP contribution is -2.15. The molecule has 0 bridgehead atoms. The summed E-state index contributed by atoms with van der Waals surface area (Å²) in [5.41, 5.74) is 21.6. The lowest BCUT2D eigenvalue weighted by Gasteiger charge is -2.22. The highest BCUT2D eigenvalue weighted by Crippen LogP contribution is 2.51. The Morgan fingerprint density at radius 2 is 0.925 bits per heavy atom. The smallest absolute Gasteiger partial charge is 0.0355 e. The summed E-state index contributed by atoms with van der Waals surface area (Å²) >= 11 is 1.87. The lowest BCUT2D eigenvalue weighted by molar-refractivity contribution is 0.590. The fourth-order valence-electron chi connectivity index (χ4n) is 9.58. The van der Waals surface area contributed by atoms with Crippen molar-refractivity contribution in [3.63, 3.8) is 0 Å². The number of hydrogen-bond donors (Lipinski definition) is 0. The molecular formula is C66H62S. The quantitative estimate of drug-likeness (QED) is 0.156. The van der Waals surface area contributed by atoms with Gasteiger partial charge in [0.2, 0.25) is 0 Å². The van der Waals surface area contributed by atoms with Gasteiger partial charge in [-0.2, -0.15) is 0 Å². The molecule has 0 atom stereocenters. The zero-order valence-electron chi connectivity index (χ0n) is 40.5. The first-order valence-corrected chi connectivity index (χ1v) is 24.8. The minimum Gasteiger partial charge on any atom is -0.135 e. The van der Waals surface area contributed by atoms with Gasteiger partial charge in [0.05, 0.1) is 0 Å². The van der Waals surface area contributed by atoms with E-state index in [0.29, 0.717) is 0 Å². The van der Waals surface area contributed by atoms with Gasteiger partial charge in [0, 0.05) is 25.6 Å². The minimum absolute atomic E-state index is 0.00645. The van der Waals surface area contributed by atoms with Gasteiger partial charge in [0.1, 0.15) is 0 Å². The molecule has 0 fully saturated rings. The first-order chi connectivity index (χ1) is 32.4. The molecule has 0 saturated carbocycles. The SMILES string of the molecule is CCCc1ccccc1-c1ccc2c(c1)-c1ccc(-c3ccc(C(C)(C)C)cc3)cc1C2(C)C.Cc1ccc(-c2ccc3sc4ccccc4c3c2)cc1.Cc1ccc(-c2ccccc2)cc1. The molecule has 0 spiro atoms. The van der Waals surface area contributed by atoms with Gasteiger partial charge in [-0.1, -0.05) is 235 Å². The second-order valence-electron chi connectivity index (χ2n) is 19.8. The maximum atomic E-state index is 2.43. The van der Waals surface area contributed by atoms with Crippen molar-refractivity contribution < 1.29 is 0 Å². The zero-order chi connectivity index (χ0) is 46.7. The van der Waals surface area contributed by atoms with Crippen molar-refractivity contribution in [2.45, 2.75) is 79.1 Å². The van der Waals surface area contributed by atoms with E-state index in [2.05, 4.69) is 256 Å². The van der Waals surface area contributed by atoms with E-state index in [0.717, 1.165) is 12.8 Å². The van der Waals surface area contributed by atoms with Crippen LogP contribution in [0.25, 0.3) is 75.8 Å². The molecule has 9 aromatic carbocycles. The maximum absolute atomic E-state index is 2.43. The Morgan fingerprint density at radius 1 is 0.403 bits per heavy atom. The van der Waals surface area contributed by atoms with E-state index in [-0.39, 0.29) is 10.8 Å². The number of benzene rings is 9. The van der Waals surface area contributed by atoms with E-state index in [9.17, 15) is 0 Å². The fraction of sp³-hybridized carbons (Fsp3) is 0.182. The van der Waals surface area contributed by atoms with Gasteiger partial charge in [0.25, 0.3) is 0 Å². The highest BCUT2D eigenvalue weighted by molar-refractivity contribution is 7.25. The molecule has 0 N–H and O–H groups in total. The zero-order valence-corrected chi connectivity index (χ0v) is 41.3. The minimum atomic E-state index is -0.00645. The van der Waals surface area contributed by atoms with E-state index < -0.39 is 0 Å². The molecule has 67 heavy (non-hydrogen) atoms. The van der Waals surface area contributed by atoms with Gasteiger partial charge in [-0.3, -0.25) is 0 Å². The third kappa shape index (κ3) is 9.72. The van der Waals surface area contributed by atoms with Gasteiger partial charge in [-0.25, -0.2) is 0 Å². The van der Waals surface area contributed by atoms with Crippen LogP contribution in [-0.4, -0.2) is 0 Å². The fourth-order valence-corrected chi connectivity index (χ4v) is 10.7. The summed E-state index contributed by atoms with van der Waals surface area (Å²) in [6, 6.07) is 75.4. The Morgan fingerprint density at radius 3 is 1.60 bits per heavy atom. The summed E-state index contributed by atoms with van der Waals surface area (Å²) in [5.74, 6) is 0. The molecule has 1 heteroatoms. The van der Waals surface area contributed by atoms with Crippen LogP contribution in [0.4, 0.5) is 0 Å². The molecule has 0 unspecified atom stereocenters. The Bertz CT molecular complexity index is 3280.